The molecule has 0 aromatic carbocycles. The Morgan fingerprint density at radius 2 is 2.15 bits per heavy atom. The lowest BCUT2D eigenvalue weighted by Crippen LogP contribution is -2.29. The van der Waals surface area contributed by atoms with Crippen molar-refractivity contribution in [1.29, 1.82) is 0 Å². The molecule has 0 N–H and O–H groups in total. The van der Waals surface area contributed by atoms with Crippen LogP contribution in [0, 0.1) is 0 Å². The van der Waals surface area contributed by atoms with E-state index in [9.17, 15) is 0 Å². The van der Waals surface area contributed by atoms with Crippen molar-refractivity contribution in [1.82, 2.24) is 4.90 Å². The average Bonchev–Trinajstić information content (AvgIpc) is 2.14. The van der Waals surface area contributed by atoms with Gasteiger partial charge in [-0.25, -0.2) is 0 Å². The van der Waals surface area contributed by atoms with Gasteiger partial charge in [0, 0.05) is 18.3 Å². The van der Waals surface area contributed by atoms with Gasteiger partial charge in [-0.2, -0.15) is 24.4 Å². The molecule has 0 aromatic heterocycles. The molecule has 78 valence electrons. The Hall–Kier alpha value is 0.400. The van der Waals surface area contributed by atoms with E-state index in [4.69, 9.17) is 0 Å². The summed E-state index contributed by atoms with van der Waals surface area (Å²) in [4.78, 5) is 2.37. The highest BCUT2D eigenvalue weighted by Gasteiger charge is 2.05. The number of thiol groups is 1. The lowest BCUT2D eigenvalue weighted by Gasteiger charge is -2.22. The Kier molecular flexibility index (Phi) is 9.25. The van der Waals surface area contributed by atoms with E-state index in [1.54, 1.807) is 0 Å². The number of nitrogens with zero attached hydrogens (tertiary/aromatic N) is 1. The second kappa shape index (κ2) is 8.97. The Labute approximate surface area is 92.4 Å². The smallest absolute Gasteiger partial charge is 0.0163 e. The molecule has 0 aliphatic rings. The van der Waals surface area contributed by atoms with Gasteiger partial charge >= 0.3 is 0 Å². The second-order valence-electron chi connectivity index (χ2n) is 3.22. The molecule has 0 amide bonds. The summed E-state index contributed by atoms with van der Waals surface area (Å²) in [6, 6.07) is 0.678. The Bertz CT molecular complexity index is 137. The van der Waals surface area contributed by atoms with Crippen molar-refractivity contribution in [2.24, 2.45) is 0 Å². The van der Waals surface area contributed by atoms with Crippen molar-refractivity contribution in [3.8, 4) is 0 Å². The highest BCUT2D eigenvalue weighted by molar-refractivity contribution is 7.98. The van der Waals surface area contributed by atoms with Gasteiger partial charge in [-0.05, 0) is 32.4 Å². The summed E-state index contributed by atoms with van der Waals surface area (Å²) < 4.78 is 0. The number of rotatable bonds is 7. The van der Waals surface area contributed by atoms with Gasteiger partial charge in [0.1, 0.15) is 0 Å². The summed E-state index contributed by atoms with van der Waals surface area (Å²) in [5, 5.41) is 0. The maximum Gasteiger partial charge on any atom is 0.0163 e. The van der Waals surface area contributed by atoms with Crippen LogP contribution in [-0.4, -0.2) is 42.3 Å². The maximum atomic E-state index is 4.12. The summed E-state index contributed by atoms with van der Waals surface area (Å²) in [6.45, 7) is 3.32. The zero-order valence-electron chi connectivity index (χ0n) is 8.86. The molecule has 3 heteroatoms. The first kappa shape index (κ1) is 13.4. The number of likely N-dealkylation sites (N-methyl/N-ethyl adjacent to an activating group) is 1. The van der Waals surface area contributed by atoms with Gasteiger partial charge in [0.25, 0.3) is 0 Å². The van der Waals surface area contributed by atoms with Crippen molar-refractivity contribution in [3.63, 3.8) is 0 Å². The predicted molar refractivity (Wildman–Crippen MR) is 68.1 cm³/mol. The summed E-state index contributed by atoms with van der Waals surface area (Å²) in [5.74, 6) is 2.09. The lowest BCUT2D eigenvalue weighted by molar-refractivity contribution is 0.279. The van der Waals surface area contributed by atoms with E-state index in [1.807, 2.05) is 11.8 Å². The van der Waals surface area contributed by atoms with Gasteiger partial charge in [0.05, 0.1) is 0 Å². The molecule has 0 aliphatic carbocycles. The molecular weight excluding hydrogens is 198 g/mol. The minimum Gasteiger partial charge on any atom is -0.300 e. The number of hydrogen-bond acceptors (Lipinski definition) is 3. The van der Waals surface area contributed by atoms with Crippen LogP contribution in [0.5, 0.6) is 0 Å². The third kappa shape index (κ3) is 7.47. The minimum atomic E-state index is 0.678. The molecule has 0 saturated heterocycles. The molecular formula is C10H21NS2. The van der Waals surface area contributed by atoms with E-state index in [0.29, 0.717) is 6.04 Å². The second-order valence-corrected chi connectivity index (χ2v) is 4.57. The van der Waals surface area contributed by atoms with E-state index >= 15 is 0 Å². The van der Waals surface area contributed by atoms with Crippen molar-refractivity contribution in [2.45, 2.75) is 19.4 Å². The Morgan fingerprint density at radius 1 is 1.46 bits per heavy atom. The van der Waals surface area contributed by atoms with Crippen molar-refractivity contribution < 1.29 is 0 Å². The van der Waals surface area contributed by atoms with Crippen molar-refractivity contribution in [3.05, 3.63) is 12.2 Å². The first-order valence-electron chi connectivity index (χ1n) is 4.67. The fourth-order valence-electron chi connectivity index (χ4n) is 1.00. The molecule has 0 aliphatic heterocycles. The normalized spacial score (nSPS) is 14.2. The van der Waals surface area contributed by atoms with Crippen LogP contribution in [0.1, 0.15) is 13.3 Å². The van der Waals surface area contributed by atoms with Gasteiger partial charge in [-0.15, -0.1) is 0 Å². The van der Waals surface area contributed by atoms with E-state index < -0.39 is 0 Å². The van der Waals surface area contributed by atoms with E-state index in [0.717, 1.165) is 12.3 Å². The molecule has 0 radical (unpaired) electrons. The zero-order valence-corrected chi connectivity index (χ0v) is 10.6. The first-order valence-corrected chi connectivity index (χ1v) is 6.70. The van der Waals surface area contributed by atoms with E-state index in [-0.39, 0.29) is 0 Å². The Balaban J connectivity index is 3.55. The molecule has 13 heavy (non-hydrogen) atoms. The predicted octanol–water partition coefficient (Wildman–Crippen LogP) is 2.55. The summed E-state index contributed by atoms with van der Waals surface area (Å²) in [7, 11) is 2.17. The summed E-state index contributed by atoms with van der Waals surface area (Å²) >= 11 is 6.04. The van der Waals surface area contributed by atoms with Gasteiger partial charge in [0.2, 0.25) is 0 Å². The van der Waals surface area contributed by atoms with E-state index in [1.165, 1.54) is 12.2 Å². The van der Waals surface area contributed by atoms with Crippen LogP contribution in [-0.2, 0) is 0 Å². The molecule has 0 bridgehead atoms. The largest absolute Gasteiger partial charge is 0.300 e. The summed E-state index contributed by atoms with van der Waals surface area (Å²) in [6.07, 6.45) is 7.71. The van der Waals surface area contributed by atoms with Crippen LogP contribution in [0.25, 0.3) is 0 Å². The molecule has 0 fully saturated rings. The summed E-state index contributed by atoms with van der Waals surface area (Å²) in [5.41, 5.74) is 0. The zero-order chi connectivity index (χ0) is 10.1. The van der Waals surface area contributed by atoms with Crippen LogP contribution in [0.3, 0.4) is 0 Å². The highest BCUT2D eigenvalue weighted by Crippen LogP contribution is 2.05. The fraction of sp³-hybridized carbons (Fsp3) is 0.800. The average molecular weight is 219 g/mol. The SMILES string of the molecule is CSCCC(C)N(C)C/C=C/CS. The quantitative estimate of drug-likeness (QED) is 0.518. The van der Waals surface area contributed by atoms with Gasteiger partial charge in [-0.3, -0.25) is 0 Å². The van der Waals surface area contributed by atoms with Crippen LogP contribution < -0.4 is 0 Å². The molecule has 1 nitrogen and oxygen atoms in total. The molecule has 0 saturated carbocycles. The van der Waals surface area contributed by atoms with Crippen LogP contribution in [0.4, 0.5) is 0 Å². The third-order valence-electron chi connectivity index (χ3n) is 2.16. The number of hydrogen-bond donors (Lipinski definition) is 1. The van der Waals surface area contributed by atoms with Crippen molar-refractivity contribution >= 4 is 24.4 Å². The monoisotopic (exact) mass is 219 g/mol. The molecule has 0 aromatic rings. The Morgan fingerprint density at radius 3 is 2.69 bits per heavy atom. The molecule has 0 heterocycles. The van der Waals surface area contributed by atoms with E-state index in [2.05, 4.69) is 49.9 Å². The number of thioether (sulfide) groups is 1. The lowest BCUT2D eigenvalue weighted by atomic mass is 10.2. The van der Waals surface area contributed by atoms with Gasteiger partial charge in [0.15, 0.2) is 0 Å². The molecule has 1 atom stereocenters. The minimum absolute atomic E-state index is 0.678. The highest BCUT2D eigenvalue weighted by atomic mass is 32.2. The van der Waals surface area contributed by atoms with Crippen molar-refractivity contribution in [2.75, 3.05) is 31.4 Å². The van der Waals surface area contributed by atoms with Gasteiger partial charge in [-0.1, -0.05) is 12.2 Å². The van der Waals surface area contributed by atoms with Crippen LogP contribution in [0.15, 0.2) is 12.2 Å². The fourth-order valence-corrected chi connectivity index (χ4v) is 1.73. The van der Waals surface area contributed by atoms with Gasteiger partial charge < -0.3 is 4.90 Å². The third-order valence-corrected chi connectivity index (χ3v) is 3.01. The molecule has 1 unspecified atom stereocenters. The standard InChI is InChI=1S/C10H21NS2/c1-10(6-9-13-3)11(2)7-4-5-8-12/h4-5,10,12H,6-9H2,1-3H3/b5-4+. The topological polar surface area (TPSA) is 3.24 Å². The maximum absolute atomic E-state index is 4.12. The molecule has 0 spiro atoms. The first-order chi connectivity index (χ1) is 6.22. The van der Waals surface area contributed by atoms with Crippen LogP contribution in [0.2, 0.25) is 0 Å². The van der Waals surface area contributed by atoms with Crippen LogP contribution >= 0.6 is 24.4 Å². The molecule has 0 rings (SSSR count).